The summed E-state index contributed by atoms with van der Waals surface area (Å²) in [6.07, 6.45) is 0. The fourth-order valence-electron chi connectivity index (χ4n) is 1.48. The van der Waals surface area contributed by atoms with Crippen LogP contribution in [0.3, 0.4) is 0 Å². The quantitative estimate of drug-likeness (QED) is 0.868. The van der Waals surface area contributed by atoms with Crippen molar-refractivity contribution in [2.45, 2.75) is 19.1 Å². The molecule has 1 aromatic rings. The van der Waals surface area contributed by atoms with Crippen LogP contribution in [0.4, 0.5) is 10.1 Å². The molecule has 1 unspecified atom stereocenters. The molecule has 0 aliphatic carbocycles. The maximum Gasteiger partial charge on any atom is 0.239 e. The Kier molecular flexibility index (Phi) is 4.47. The van der Waals surface area contributed by atoms with Gasteiger partial charge in [-0.05, 0) is 26.0 Å². The van der Waals surface area contributed by atoms with Gasteiger partial charge >= 0.3 is 0 Å². The van der Waals surface area contributed by atoms with E-state index >= 15 is 0 Å². The molecular weight excluding hydrogens is 243 g/mol. The first-order chi connectivity index (χ1) is 7.95. The predicted octanol–water partition coefficient (Wildman–Crippen LogP) is 1.33. The summed E-state index contributed by atoms with van der Waals surface area (Å²) in [6, 6.07) is 5.80. The van der Waals surface area contributed by atoms with E-state index < -0.39 is 21.1 Å². The molecule has 0 radical (unpaired) electrons. The monoisotopic (exact) mass is 260 g/mol. The number of rotatable bonds is 5. The SMILES string of the molecule is CCN(c1ccccc1F)S(=O)(=O)C(C)CN. The molecule has 17 heavy (non-hydrogen) atoms. The maximum atomic E-state index is 13.6. The second-order valence-corrected chi connectivity index (χ2v) is 5.98. The number of nitrogens with zero attached hydrogens (tertiary/aromatic N) is 1. The third-order valence-electron chi connectivity index (χ3n) is 2.56. The molecule has 0 saturated heterocycles. The van der Waals surface area contributed by atoms with Crippen LogP contribution in [0, 0.1) is 5.82 Å². The van der Waals surface area contributed by atoms with Gasteiger partial charge in [-0.2, -0.15) is 0 Å². The Labute approximate surface area is 101 Å². The van der Waals surface area contributed by atoms with Crippen LogP contribution in [0.5, 0.6) is 0 Å². The zero-order chi connectivity index (χ0) is 13.1. The van der Waals surface area contributed by atoms with Gasteiger partial charge in [-0.3, -0.25) is 4.31 Å². The van der Waals surface area contributed by atoms with Crippen LogP contribution >= 0.6 is 0 Å². The maximum absolute atomic E-state index is 13.6. The van der Waals surface area contributed by atoms with Crippen LogP contribution in [0.1, 0.15) is 13.8 Å². The minimum absolute atomic E-state index is 0.00723. The van der Waals surface area contributed by atoms with Gasteiger partial charge in [0.2, 0.25) is 10.0 Å². The smallest absolute Gasteiger partial charge is 0.239 e. The molecule has 0 aromatic heterocycles. The number of halogens is 1. The van der Waals surface area contributed by atoms with Crippen molar-refractivity contribution >= 4 is 15.7 Å². The Bertz CT molecular complexity index is 476. The van der Waals surface area contributed by atoms with Crippen molar-refractivity contribution in [1.29, 1.82) is 0 Å². The lowest BCUT2D eigenvalue weighted by molar-refractivity contribution is 0.575. The van der Waals surface area contributed by atoms with Crippen molar-refractivity contribution in [3.05, 3.63) is 30.1 Å². The summed E-state index contributed by atoms with van der Waals surface area (Å²) in [5.74, 6) is -0.554. The van der Waals surface area contributed by atoms with Gasteiger partial charge in [0.1, 0.15) is 5.82 Å². The predicted molar refractivity (Wildman–Crippen MR) is 66.9 cm³/mol. The Hall–Kier alpha value is -1.14. The molecule has 0 heterocycles. The summed E-state index contributed by atoms with van der Waals surface area (Å²) >= 11 is 0. The normalized spacial score (nSPS) is 13.4. The van der Waals surface area contributed by atoms with Crippen LogP contribution in [-0.2, 0) is 10.0 Å². The van der Waals surface area contributed by atoms with Gasteiger partial charge < -0.3 is 5.73 Å². The Balaban J connectivity index is 3.22. The van der Waals surface area contributed by atoms with E-state index in [1.54, 1.807) is 13.0 Å². The Morgan fingerprint density at radius 1 is 1.41 bits per heavy atom. The number of hydrogen-bond acceptors (Lipinski definition) is 3. The minimum atomic E-state index is -3.61. The second-order valence-electron chi connectivity index (χ2n) is 3.71. The largest absolute Gasteiger partial charge is 0.329 e. The van der Waals surface area contributed by atoms with Crippen LogP contribution in [0.25, 0.3) is 0 Å². The highest BCUT2D eigenvalue weighted by Crippen LogP contribution is 2.23. The second kappa shape index (κ2) is 5.46. The zero-order valence-electron chi connectivity index (χ0n) is 9.93. The lowest BCUT2D eigenvalue weighted by Gasteiger charge is -2.26. The molecular formula is C11H17FN2O2S. The standard InChI is InChI=1S/C11H17FN2O2S/c1-3-14(17(15,16)9(2)8-13)11-7-5-4-6-10(11)12/h4-7,9H,3,8,13H2,1-2H3. The van der Waals surface area contributed by atoms with Crippen LogP contribution in [0.15, 0.2) is 24.3 Å². The third kappa shape index (κ3) is 2.76. The van der Waals surface area contributed by atoms with Crippen molar-refractivity contribution in [3.8, 4) is 0 Å². The fraction of sp³-hybridized carbons (Fsp3) is 0.455. The molecule has 1 atom stereocenters. The molecule has 0 saturated carbocycles. The number of anilines is 1. The molecule has 1 rings (SSSR count). The lowest BCUT2D eigenvalue weighted by Crippen LogP contribution is -2.41. The van der Waals surface area contributed by atoms with Gasteiger partial charge in [0.25, 0.3) is 0 Å². The van der Waals surface area contributed by atoms with Gasteiger partial charge in [-0.1, -0.05) is 12.1 Å². The molecule has 0 aliphatic rings. The van der Waals surface area contributed by atoms with Crippen molar-refractivity contribution in [2.24, 2.45) is 5.73 Å². The van der Waals surface area contributed by atoms with Crippen molar-refractivity contribution in [3.63, 3.8) is 0 Å². The van der Waals surface area contributed by atoms with Crippen molar-refractivity contribution in [1.82, 2.24) is 0 Å². The van der Waals surface area contributed by atoms with Crippen molar-refractivity contribution < 1.29 is 12.8 Å². The Morgan fingerprint density at radius 2 is 2.00 bits per heavy atom. The van der Waals surface area contributed by atoms with Gasteiger partial charge in [-0.25, -0.2) is 12.8 Å². The molecule has 2 N–H and O–H groups in total. The van der Waals surface area contributed by atoms with E-state index in [9.17, 15) is 12.8 Å². The molecule has 96 valence electrons. The average Bonchev–Trinajstić information content (AvgIpc) is 2.31. The summed E-state index contributed by atoms with van der Waals surface area (Å²) in [4.78, 5) is 0. The topological polar surface area (TPSA) is 63.4 Å². The van der Waals surface area contributed by atoms with E-state index in [2.05, 4.69) is 0 Å². The number of para-hydroxylation sites is 1. The van der Waals surface area contributed by atoms with Crippen LogP contribution in [0.2, 0.25) is 0 Å². The number of benzene rings is 1. The van der Waals surface area contributed by atoms with Gasteiger partial charge in [-0.15, -0.1) is 0 Å². The molecule has 0 amide bonds. The van der Waals surface area contributed by atoms with Crippen molar-refractivity contribution in [2.75, 3.05) is 17.4 Å². The van der Waals surface area contributed by atoms with E-state index in [-0.39, 0.29) is 18.8 Å². The zero-order valence-corrected chi connectivity index (χ0v) is 10.7. The summed E-state index contributed by atoms with van der Waals surface area (Å²) in [7, 11) is -3.61. The first-order valence-corrected chi connectivity index (χ1v) is 6.91. The highest BCUT2D eigenvalue weighted by Gasteiger charge is 2.28. The molecule has 0 bridgehead atoms. The van der Waals surface area contributed by atoms with Gasteiger partial charge in [0, 0.05) is 13.1 Å². The molecule has 0 fully saturated rings. The summed E-state index contributed by atoms with van der Waals surface area (Å²) < 4.78 is 38.9. The van der Waals surface area contributed by atoms with E-state index in [4.69, 9.17) is 5.73 Å². The highest BCUT2D eigenvalue weighted by atomic mass is 32.2. The highest BCUT2D eigenvalue weighted by molar-refractivity contribution is 7.93. The summed E-state index contributed by atoms with van der Waals surface area (Å²) in [5.41, 5.74) is 5.43. The number of nitrogens with two attached hydrogens (primary N) is 1. The van der Waals surface area contributed by atoms with E-state index in [0.717, 1.165) is 4.31 Å². The minimum Gasteiger partial charge on any atom is -0.329 e. The van der Waals surface area contributed by atoms with Crippen LogP contribution in [-0.4, -0.2) is 26.8 Å². The number of hydrogen-bond donors (Lipinski definition) is 1. The fourth-order valence-corrected chi connectivity index (χ4v) is 2.94. The molecule has 0 aliphatic heterocycles. The van der Waals surface area contributed by atoms with Gasteiger partial charge in [0.05, 0.1) is 10.9 Å². The first kappa shape index (κ1) is 13.9. The van der Waals surface area contributed by atoms with Crippen LogP contribution < -0.4 is 10.0 Å². The summed E-state index contributed by atoms with van der Waals surface area (Å²) in [5, 5.41) is -0.734. The van der Waals surface area contributed by atoms with Gasteiger partial charge in [0.15, 0.2) is 0 Å². The van der Waals surface area contributed by atoms with E-state index in [1.807, 2.05) is 0 Å². The van der Waals surface area contributed by atoms with E-state index in [0.29, 0.717) is 0 Å². The average molecular weight is 260 g/mol. The lowest BCUT2D eigenvalue weighted by atomic mass is 10.3. The molecule has 1 aromatic carbocycles. The number of sulfonamides is 1. The first-order valence-electron chi connectivity index (χ1n) is 5.41. The molecule has 0 spiro atoms. The third-order valence-corrected chi connectivity index (χ3v) is 4.83. The molecule has 4 nitrogen and oxygen atoms in total. The molecule has 6 heteroatoms. The Morgan fingerprint density at radius 3 is 2.47 bits per heavy atom. The summed E-state index contributed by atoms with van der Waals surface area (Å²) in [6.45, 7) is 3.35. The van der Waals surface area contributed by atoms with E-state index in [1.165, 1.54) is 25.1 Å².